The zero-order valence-electron chi connectivity index (χ0n) is 11.0. The molecule has 21 heavy (non-hydrogen) atoms. The minimum absolute atomic E-state index is 0.0468. The normalized spacial score (nSPS) is 19.6. The van der Waals surface area contributed by atoms with Crippen molar-refractivity contribution in [3.8, 4) is 5.88 Å². The lowest BCUT2D eigenvalue weighted by atomic mass is 10.2. The van der Waals surface area contributed by atoms with Crippen molar-refractivity contribution in [2.24, 2.45) is 0 Å². The van der Waals surface area contributed by atoms with E-state index in [1.807, 2.05) is 0 Å². The maximum absolute atomic E-state index is 12.7. The van der Waals surface area contributed by atoms with E-state index in [0.29, 0.717) is 23.0 Å². The highest BCUT2D eigenvalue weighted by Crippen LogP contribution is 2.36. The minimum atomic E-state index is -4.52. The molecule has 1 aliphatic heterocycles. The van der Waals surface area contributed by atoms with Crippen LogP contribution in [0.3, 0.4) is 0 Å². The number of carbonyl (C=O) groups is 1. The van der Waals surface area contributed by atoms with E-state index in [-0.39, 0.29) is 11.9 Å². The quantitative estimate of drug-likeness (QED) is 0.896. The average molecular weight is 365 g/mol. The Balaban J connectivity index is 2.28. The molecule has 2 rings (SSSR count). The van der Waals surface area contributed by atoms with Crippen LogP contribution in [0.25, 0.3) is 4.48 Å². The molecule has 0 aromatic carbocycles. The molecule has 0 aliphatic carbocycles. The van der Waals surface area contributed by atoms with Crippen LogP contribution in [-0.4, -0.2) is 24.0 Å². The summed E-state index contributed by atoms with van der Waals surface area (Å²) in [6.07, 6.45) is -1.73. The van der Waals surface area contributed by atoms with Crippen molar-refractivity contribution >= 4 is 26.3 Å². The number of rotatable bonds is 3. The van der Waals surface area contributed by atoms with Gasteiger partial charge in [0.2, 0.25) is 11.8 Å². The van der Waals surface area contributed by atoms with Gasteiger partial charge in [0.05, 0.1) is 12.8 Å². The molecule has 1 aromatic heterocycles. The molecular weight excluding hydrogens is 353 g/mol. The number of alkyl halides is 3. The van der Waals surface area contributed by atoms with Gasteiger partial charge in [-0.25, -0.2) is 4.98 Å². The van der Waals surface area contributed by atoms with Crippen molar-refractivity contribution in [3.63, 3.8) is 0 Å². The molecule has 0 radical (unpaired) electrons. The van der Waals surface area contributed by atoms with Crippen LogP contribution in [0.2, 0.25) is 0 Å². The van der Waals surface area contributed by atoms with Crippen LogP contribution in [0, 0.1) is 0 Å². The highest BCUT2D eigenvalue weighted by molar-refractivity contribution is 9.15. The summed E-state index contributed by atoms with van der Waals surface area (Å²) in [4.78, 5) is 15.0. The van der Waals surface area contributed by atoms with Gasteiger partial charge in [0.1, 0.15) is 5.56 Å². The topological polar surface area (TPSA) is 51.2 Å². The van der Waals surface area contributed by atoms with Crippen LogP contribution in [0.5, 0.6) is 5.88 Å². The number of aromatic nitrogens is 1. The van der Waals surface area contributed by atoms with Crippen molar-refractivity contribution < 1.29 is 22.7 Å². The number of amides is 1. The van der Waals surface area contributed by atoms with Gasteiger partial charge in [-0.2, -0.15) is 13.2 Å². The lowest BCUT2D eigenvalue weighted by Gasteiger charge is -2.12. The lowest BCUT2D eigenvalue weighted by Crippen LogP contribution is -2.23. The second-order valence-corrected chi connectivity index (χ2v) is 5.33. The smallest absolute Gasteiger partial charge is 0.421 e. The van der Waals surface area contributed by atoms with Gasteiger partial charge >= 0.3 is 6.18 Å². The molecule has 4 nitrogen and oxygen atoms in total. The Hall–Kier alpha value is -1.57. The number of nitrogens with zero attached hydrogens (tertiary/aromatic N) is 1. The molecule has 1 amide bonds. The number of methoxy groups -OCH3 is 1. The third-order valence-electron chi connectivity index (χ3n) is 2.98. The summed E-state index contributed by atoms with van der Waals surface area (Å²) in [5, 5.41) is 2.73. The second-order valence-electron chi connectivity index (χ2n) is 4.48. The second kappa shape index (κ2) is 6.05. The first kappa shape index (κ1) is 15.8. The van der Waals surface area contributed by atoms with Gasteiger partial charge in [-0.1, -0.05) is 0 Å². The third kappa shape index (κ3) is 3.75. The maximum atomic E-state index is 12.7. The average Bonchev–Trinajstić information content (AvgIpc) is 2.82. The van der Waals surface area contributed by atoms with Crippen LogP contribution in [0.15, 0.2) is 18.2 Å². The molecule has 1 atom stereocenters. The van der Waals surface area contributed by atoms with Gasteiger partial charge in [0, 0.05) is 16.9 Å². The Bertz CT molecular complexity index is 587. The highest BCUT2D eigenvalue weighted by atomic mass is 79.9. The third-order valence-corrected chi connectivity index (χ3v) is 3.65. The predicted molar refractivity (Wildman–Crippen MR) is 73.9 cm³/mol. The lowest BCUT2D eigenvalue weighted by molar-refractivity contribution is -0.139. The van der Waals surface area contributed by atoms with E-state index < -0.39 is 17.6 Å². The van der Waals surface area contributed by atoms with E-state index in [4.69, 9.17) is 4.74 Å². The standard InChI is InChI=1S/C13H12BrF3N2O2/c1-21-12-8(13(15,16)17)3-4-10(19-12)9(14)6-7-2-5-11(20)18-7/h3-4,6-7H,2,5H2,1H3,(H,18,20)/b9-6-/t7-/m1/s1. The summed E-state index contributed by atoms with van der Waals surface area (Å²) in [6.45, 7) is 0. The van der Waals surface area contributed by atoms with E-state index >= 15 is 0 Å². The zero-order chi connectivity index (χ0) is 15.6. The molecular formula is C13H12BrF3N2O2. The molecule has 114 valence electrons. The number of hydrogen-bond acceptors (Lipinski definition) is 3. The fraction of sp³-hybridized carbons (Fsp3) is 0.385. The van der Waals surface area contributed by atoms with Gasteiger partial charge in [-0.05, 0) is 40.6 Å². The van der Waals surface area contributed by atoms with Gasteiger partial charge < -0.3 is 10.1 Å². The number of nitrogens with one attached hydrogen (secondary N) is 1. The Labute approximate surface area is 127 Å². The van der Waals surface area contributed by atoms with Gasteiger partial charge in [0.15, 0.2) is 0 Å². The molecule has 1 saturated heterocycles. The summed E-state index contributed by atoms with van der Waals surface area (Å²) < 4.78 is 43.4. The predicted octanol–water partition coefficient (Wildman–Crippen LogP) is 3.12. The Kier molecular flexibility index (Phi) is 4.55. The van der Waals surface area contributed by atoms with Crippen molar-refractivity contribution in [2.45, 2.75) is 25.1 Å². The first-order valence-electron chi connectivity index (χ1n) is 6.10. The molecule has 0 bridgehead atoms. The van der Waals surface area contributed by atoms with Gasteiger partial charge in [-0.3, -0.25) is 4.79 Å². The van der Waals surface area contributed by atoms with Crippen LogP contribution >= 0.6 is 15.9 Å². The number of carbonyl (C=O) groups excluding carboxylic acids is 1. The summed E-state index contributed by atoms with van der Waals surface area (Å²) in [6, 6.07) is 2.02. The van der Waals surface area contributed by atoms with Gasteiger partial charge in [-0.15, -0.1) is 0 Å². The molecule has 1 N–H and O–H groups in total. The van der Waals surface area contributed by atoms with E-state index in [1.54, 1.807) is 6.08 Å². The summed E-state index contributed by atoms with van der Waals surface area (Å²) in [5.41, 5.74) is -0.621. The van der Waals surface area contributed by atoms with Crippen LogP contribution in [-0.2, 0) is 11.0 Å². The van der Waals surface area contributed by atoms with E-state index in [0.717, 1.165) is 13.2 Å². The highest BCUT2D eigenvalue weighted by Gasteiger charge is 2.35. The van der Waals surface area contributed by atoms with Gasteiger partial charge in [0.25, 0.3) is 0 Å². The van der Waals surface area contributed by atoms with Crippen molar-refractivity contribution in [1.29, 1.82) is 0 Å². The Morgan fingerprint density at radius 3 is 2.76 bits per heavy atom. The Morgan fingerprint density at radius 1 is 1.52 bits per heavy atom. The summed E-state index contributed by atoms with van der Waals surface area (Å²) in [7, 11) is 1.14. The molecule has 1 aliphatic rings. The molecule has 1 aromatic rings. The van der Waals surface area contributed by atoms with E-state index in [9.17, 15) is 18.0 Å². The number of pyridine rings is 1. The largest absolute Gasteiger partial charge is 0.481 e. The fourth-order valence-corrected chi connectivity index (χ4v) is 2.51. The van der Waals surface area contributed by atoms with Crippen molar-refractivity contribution in [1.82, 2.24) is 10.3 Å². The molecule has 0 spiro atoms. The van der Waals surface area contributed by atoms with Crippen LogP contribution in [0.4, 0.5) is 13.2 Å². The first-order chi connectivity index (χ1) is 9.81. The fourth-order valence-electron chi connectivity index (χ4n) is 1.97. The van der Waals surface area contributed by atoms with E-state index in [2.05, 4.69) is 26.2 Å². The maximum Gasteiger partial charge on any atom is 0.421 e. The summed E-state index contributed by atoms with van der Waals surface area (Å²) in [5.74, 6) is -0.532. The number of halogens is 4. The van der Waals surface area contributed by atoms with E-state index in [1.165, 1.54) is 6.07 Å². The van der Waals surface area contributed by atoms with Crippen molar-refractivity contribution in [2.75, 3.05) is 7.11 Å². The summed E-state index contributed by atoms with van der Waals surface area (Å²) >= 11 is 3.26. The molecule has 2 heterocycles. The minimum Gasteiger partial charge on any atom is -0.481 e. The van der Waals surface area contributed by atoms with Crippen LogP contribution < -0.4 is 10.1 Å². The number of ether oxygens (including phenoxy) is 1. The van der Waals surface area contributed by atoms with Crippen LogP contribution in [0.1, 0.15) is 24.1 Å². The Morgan fingerprint density at radius 2 is 2.24 bits per heavy atom. The molecule has 0 saturated carbocycles. The molecule has 1 fully saturated rings. The van der Waals surface area contributed by atoms with Crippen molar-refractivity contribution in [3.05, 3.63) is 29.5 Å². The number of hydrogen-bond donors (Lipinski definition) is 1. The SMILES string of the molecule is COc1nc(/C(Br)=C/[C@H]2CCC(=O)N2)ccc1C(F)(F)F. The first-order valence-corrected chi connectivity index (χ1v) is 6.90. The molecule has 8 heteroatoms. The monoisotopic (exact) mass is 364 g/mol. The zero-order valence-corrected chi connectivity index (χ0v) is 12.6. The molecule has 0 unspecified atom stereocenters.